The average Bonchev–Trinajstić information content (AvgIpc) is 2.83. The number of hydrogen-bond donors (Lipinski definition) is 1. The van der Waals surface area contributed by atoms with Gasteiger partial charge in [-0.1, -0.05) is 19.1 Å². The molecule has 1 atom stereocenters. The highest BCUT2D eigenvalue weighted by atomic mass is 19.3. The zero-order valence-corrected chi connectivity index (χ0v) is 11.4. The monoisotopic (exact) mass is 281 g/mol. The Labute approximate surface area is 116 Å². The molecule has 4 nitrogen and oxygen atoms in total. The number of nitrogens with one attached hydrogen (secondary N) is 1. The van der Waals surface area contributed by atoms with Crippen LogP contribution in [-0.4, -0.2) is 22.9 Å². The van der Waals surface area contributed by atoms with E-state index < -0.39 is 6.61 Å². The number of aromatic nitrogens is 2. The minimum Gasteiger partial charge on any atom is -0.435 e. The van der Waals surface area contributed by atoms with Gasteiger partial charge in [0.25, 0.3) is 0 Å². The molecule has 0 aliphatic rings. The molecule has 2 rings (SSSR count). The lowest BCUT2D eigenvalue weighted by Crippen LogP contribution is -2.24. The van der Waals surface area contributed by atoms with Gasteiger partial charge < -0.3 is 10.1 Å². The first-order valence-electron chi connectivity index (χ1n) is 6.38. The van der Waals surface area contributed by atoms with Gasteiger partial charge in [-0.15, -0.1) is 0 Å². The van der Waals surface area contributed by atoms with Crippen LogP contribution < -0.4 is 10.1 Å². The van der Waals surface area contributed by atoms with E-state index in [1.165, 1.54) is 0 Å². The van der Waals surface area contributed by atoms with Crippen molar-refractivity contribution in [3.63, 3.8) is 0 Å². The third-order valence-electron chi connectivity index (χ3n) is 3.00. The van der Waals surface area contributed by atoms with Crippen molar-refractivity contribution in [2.75, 3.05) is 6.54 Å². The SMILES string of the molecule is CCNC(c1ccc(OC(F)F)cc1)c1ccnn1C. The number of ether oxygens (including phenoxy) is 1. The van der Waals surface area contributed by atoms with Crippen LogP contribution in [0.1, 0.15) is 24.2 Å². The van der Waals surface area contributed by atoms with E-state index in [1.54, 1.807) is 35.1 Å². The van der Waals surface area contributed by atoms with E-state index >= 15 is 0 Å². The highest BCUT2D eigenvalue weighted by molar-refractivity contribution is 5.33. The normalized spacial score (nSPS) is 12.7. The molecular formula is C14H17F2N3O. The molecule has 1 unspecified atom stereocenters. The predicted octanol–water partition coefficient (Wildman–Crippen LogP) is 2.72. The molecule has 6 heteroatoms. The second-order valence-corrected chi connectivity index (χ2v) is 4.32. The van der Waals surface area contributed by atoms with Gasteiger partial charge in [0.05, 0.1) is 11.7 Å². The van der Waals surface area contributed by atoms with Crippen molar-refractivity contribution in [2.45, 2.75) is 19.6 Å². The van der Waals surface area contributed by atoms with Crippen molar-refractivity contribution in [1.29, 1.82) is 0 Å². The van der Waals surface area contributed by atoms with Crippen LogP contribution in [0.2, 0.25) is 0 Å². The summed E-state index contributed by atoms with van der Waals surface area (Å²) < 4.78 is 30.4. The summed E-state index contributed by atoms with van der Waals surface area (Å²) in [6.07, 6.45) is 1.73. The van der Waals surface area contributed by atoms with E-state index in [1.807, 2.05) is 20.0 Å². The van der Waals surface area contributed by atoms with E-state index in [9.17, 15) is 8.78 Å². The topological polar surface area (TPSA) is 39.1 Å². The minimum atomic E-state index is -2.80. The molecule has 1 aromatic carbocycles. The molecule has 1 heterocycles. The van der Waals surface area contributed by atoms with Crippen LogP contribution in [0.5, 0.6) is 5.75 Å². The van der Waals surface area contributed by atoms with E-state index in [-0.39, 0.29) is 11.8 Å². The summed E-state index contributed by atoms with van der Waals surface area (Å²) in [5.74, 6) is 0.156. The summed E-state index contributed by atoms with van der Waals surface area (Å²) in [6, 6.07) is 8.53. The lowest BCUT2D eigenvalue weighted by molar-refractivity contribution is -0.0498. The molecule has 1 N–H and O–H groups in total. The van der Waals surface area contributed by atoms with Crippen LogP contribution in [0.25, 0.3) is 0 Å². The first kappa shape index (κ1) is 14.5. The lowest BCUT2D eigenvalue weighted by atomic mass is 10.0. The lowest BCUT2D eigenvalue weighted by Gasteiger charge is -2.19. The maximum absolute atomic E-state index is 12.1. The van der Waals surface area contributed by atoms with Gasteiger partial charge in [-0.05, 0) is 30.3 Å². The van der Waals surface area contributed by atoms with Gasteiger partial charge in [-0.25, -0.2) is 0 Å². The van der Waals surface area contributed by atoms with Gasteiger partial charge in [-0.3, -0.25) is 4.68 Å². The minimum absolute atomic E-state index is 0.0342. The maximum atomic E-state index is 12.1. The molecule has 0 bridgehead atoms. The van der Waals surface area contributed by atoms with Crippen molar-refractivity contribution in [1.82, 2.24) is 15.1 Å². The fourth-order valence-corrected chi connectivity index (χ4v) is 2.11. The van der Waals surface area contributed by atoms with Gasteiger partial charge in [0.2, 0.25) is 0 Å². The van der Waals surface area contributed by atoms with Crippen molar-refractivity contribution in [3.05, 3.63) is 47.8 Å². The van der Waals surface area contributed by atoms with Gasteiger partial charge in [0.15, 0.2) is 0 Å². The number of hydrogen-bond acceptors (Lipinski definition) is 3. The first-order valence-corrected chi connectivity index (χ1v) is 6.38. The molecule has 2 aromatic rings. The zero-order valence-electron chi connectivity index (χ0n) is 11.4. The predicted molar refractivity (Wildman–Crippen MR) is 71.8 cm³/mol. The molecule has 0 saturated heterocycles. The second-order valence-electron chi connectivity index (χ2n) is 4.32. The molecule has 0 radical (unpaired) electrons. The standard InChI is InChI=1S/C14H17F2N3O/c1-3-17-13(12-8-9-18-19(12)2)10-4-6-11(7-5-10)20-14(15)16/h4-9,13-14,17H,3H2,1-2H3. The highest BCUT2D eigenvalue weighted by Crippen LogP contribution is 2.24. The summed E-state index contributed by atoms with van der Waals surface area (Å²) in [7, 11) is 1.87. The van der Waals surface area contributed by atoms with E-state index in [0.717, 1.165) is 17.8 Å². The van der Waals surface area contributed by atoms with Crippen molar-refractivity contribution in [3.8, 4) is 5.75 Å². The molecule has 1 aromatic heterocycles. The van der Waals surface area contributed by atoms with E-state index in [4.69, 9.17) is 0 Å². The van der Waals surface area contributed by atoms with E-state index in [0.29, 0.717) is 0 Å². The van der Waals surface area contributed by atoms with Gasteiger partial charge >= 0.3 is 6.61 Å². The van der Waals surface area contributed by atoms with Crippen molar-refractivity contribution >= 4 is 0 Å². The summed E-state index contributed by atoms with van der Waals surface area (Å²) in [4.78, 5) is 0. The van der Waals surface area contributed by atoms with E-state index in [2.05, 4.69) is 15.2 Å². The third kappa shape index (κ3) is 3.33. The van der Waals surface area contributed by atoms with Crippen molar-refractivity contribution in [2.24, 2.45) is 7.05 Å². The summed E-state index contributed by atoms with van der Waals surface area (Å²) in [6.45, 7) is -0.00883. The smallest absolute Gasteiger partial charge is 0.387 e. The number of alkyl halides is 2. The maximum Gasteiger partial charge on any atom is 0.387 e. The number of nitrogens with zero attached hydrogens (tertiary/aromatic N) is 2. The quantitative estimate of drug-likeness (QED) is 0.885. The Morgan fingerprint density at radius 3 is 2.45 bits per heavy atom. The molecule has 0 amide bonds. The summed E-state index contributed by atoms with van der Waals surface area (Å²) in [5, 5.41) is 7.51. The zero-order chi connectivity index (χ0) is 14.5. The van der Waals surface area contributed by atoms with Crippen LogP contribution >= 0.6 is 0 Å². The molecule has 0 aliphatic carbocycles. The molecule has 108 valence electrons. The Balaban J connectivity index is 2.24. The Bertz CT molecular complexity index is 540. The van der Waals surface area contributed by atoms with Crippen molar-refractivity contribution < 1.29 is 13.5 Å². The summed E-state index contributed by atoms with van der Waals surface area (Å²) >= 11 is 0. The molecular weight excluding hydrogens is 264 g/mol. The second kappa shape index (κ2) is 6.47. The number of rotatable bonds is 6. The van der Waals surface area contributed by atoms with Crippen LogP contribution in [0.3, 0.4) is 0 Å². The Hall–Kier alpha value is -1.95. The average molecular weight is 281 g/mol. The largest absolute Gasteiger partial charge is 0.435 e. The van der Waals surface area contributed by atoms with Crippen LogP contribution in [0.4, 0.5) is 8.78 Å². The first-order chi connectivity index (χ1) is 9.61. The third-order valence-corrected chi connectivity index (χ3v) is 3.00. The van der Waals surface area contributed by atoms with Crippen LogP contribution in [0, 0.1) is 0 Å². The Morgan fingerprint density at radius 2 is 1.95 bits per heavy atom. The van der Waals surface area contributed by atoms with Gasteiger partial charge in [0, 0.05) is 13.2 Å². The molecule has 0 aliphatic heterocycles. The Kier molecular flexibility index (Phi) is 4.68. The summed E-state index contributed by atoms with van der Waals surface area (Å²) in [5.41, 5.74) is 1.98. The number of aryl methyl sites for hydroxylation is 1. The van der Waals surface area contributed by atoms with Crippen LogP contribution in [-0.2, 0) is 7.05 Å². The molecule has 0 fully saturated rings. The Morgan fingerprint density at radius 1 is 1.25 bits per heavy atom. The fourth-order valence-electron chi connectivity index (χ4n) is 2.11. The molecule has 0 spiro atoms. The van der Waals surface area contributed by atoms with Gasteiger partial charge in [0.1, 0.15) is 5.75 Å². The number of halogens is 2. The van der Waals surface area contributed by atoms with Crippen LogP contribution in [0.15, 0.2) is 36.5 Å². The van der Waals surface area contributed by atoms with Gasteiger partial charge in [-0.2, -0.15) is 13.9 Å². The fraction of sp³-hybridized carbons (Fsp3) is 0.357. The number of benzene rings is 1. The highest BCUT2D eigenvalue weighted by Gasteiger charge is 2.16. The molecule has 0 saturated carbocycles. The molecule has 20 heavy (non-hydrogen) atoms.